The van der Waals surface area contributed by atoms with E-state index < -0.39 is 0 Å². The summed E-state index contributed by atoms with van der Waals surface area (Å²) in [4.78, 5) is 5.30. The monoisotopic (exact) mass is 376 g/mol. The van der Waals surface area contributed by atoms with Gasteiger partial charge in [0, 0.05) is 11.3 Å². The number of aromatic nitrogens is 4. The topological polar surface area (TPSA) is 88.1 Å². The summed E-state index contributed by atoms with van der Waals surface area (Å²) in [5.41, 5.74) is 3.31. The largest absolute Gasteiger partial charge is 0.391 e. The Morgan fingerprint density at radius 2 is 2.08 bits per heavy atom. The number of para-hydroxylation sites is 1. The van der Waals surface area contributed by atoms with Crippen LogP contribution in [0.2, 0.25) is 10.0 Å². The van der Waals surface area contributed by atoms with Gasteiger partial charge in [0.25, 0.3) is 0 Å². The number of oxime groups is 1. The van der Waals surface area contributed by atoms with Crippen LogP contribution in [0.1, 0.15) is 17.0 Å². The standard InChI is InChI=1S/C16H14Cl2N6O/c1-10-6-7-12(17)16(15(10)18)20-13-5-3-2-4-11(13)9-25-19-8-14-21-23-24-22-14/h2-8,20H,9H2,1H3,(H,21,22,23,24). The minimum absolute atomic E-state index is 0.249. The highest BCUT2D eigenvalue weighted by atomic mass is 35.5. The first kappa shape index (κ1) is 17.2. The van der Waals surface area contributed by atoms with Crippen LogP contribution < -0.4 is 5.32 Å². The lowest BCUT2D eigenvalue weighted by atomic mass is 10.1. The molecular formula is C16H14Cl2N6O. The van der Waals surface area contributed by atoms with Gasteiger partial charge in [-0.25, -0.2) is 0 Å². The number of H-pyrrole nitrogens is 1. The van der Waals surface area contributed by atoms with E-state index in [9.17, 15) is 0 Å². The maximum Gasteiger partial charge on any atom is 0.218 e. The molecule has 9 heteroatoms. The van der Waals surface area contributed by atoms with E-state index in [4.69, 9.17) is 28.0 Å². The molecular weight excluding hydrogens is 363 g/mol. The van der Waals surface area contributed by atoms with Crippen molar-refractivity contribution in [2.75, 3.05) is 5.32 Å². The molecule has 0 spiro atoms. The molecule has 25 heavy (non-hydrogen) atoms. The molecule has 128 valence electrons. The smallest absolute Gasteiger partial charge is 0.218 e. The quantitative estimate of drug-likeness (QED) is 0.499. The number of hydrogen-bond donors (Lipinski definition) is 2. The molecule has 3 rings (SSSR count). The summed E-state index contributed by atoms with van der Waals surface area (Å²) < 4.78 is 0. The second kappa shape index (κ2) is 7.96. The molecule has 0 aliphatic heterocycles. The SMILES string of the molecule is Cc1ccc(Cl)c(Nc2ccccc2CON=Cc2nn[nH]n2)c1Cl. The molecule has 0 radical (unpaired) electrons. The highest BCUT2D eigenvalue weighted by molar-refractivity contribution is 6.39. The molecule has 0 aliphatic carbocycles. The zero-order chi connectivity index (χ0) is 17.6. The van der Waals surface area contributed by atoms with E-state index in [0.29, 0.717) is 21.6 Å². The number of tetrazole rings is 1. The van der Waals surface area contributed by atoms with Gasteiger partial charge in [-0.15, -0.1) is 10.2 Å². The van der Waals surface area contributed by atoms with Crippen molar-refractivity contribution in [2.45, 2.75) is 13.5 Å². The second-order valence-electron chi connectivity index (χ2n) is 5.11. The van der Waals surface area contributed by atoms with Crippen molar-refractivity contribution < 1.29 is 4.84 Å². The first-order valence-corrected chi connectivity index (χ1v) is 8.09. The third kappa shape index (κ3) is 4.26. The van der Waals surface area contributed by atoms with Crippen molar-refractivity contribution in [3.63, 3.8) is 0 Å². The second-order valence-corrected chi connectivity index (χ2v) is 5.90. The lowest BCUT2D eigenvalue weighted by Crippen LogP contribution is -1.99. The number of hydrogen-bond acceptors (Lipinski definition) is 6. The lowest BCUT2D eigenvalue weighted by Gasteiger charge is -2.15. The van der Waals surface area contributed by atoms with Crippen LogP contribution in [0.4, 0.5) is 11.4 Å². The highest BCUT2D eigenvalue weighted by Gasteiger charge is 2.11. The zero-order valence-corrected chi connectivity index (χ0v) is 14.7. The minimum Gasteiger partial charge on any atom is -0.391 e. The van der Waals surface area contributed by atoms with Gasteiger partial charge in [-0.1, -0.05) is 52.6 Å². The normalized spacial score (nSPS) is 11.0. The number of benzene rings is 2. The van der Waals surface area contributed by atoms with Crippen LogP contribution in [-0.4, -0.2) is 26.8 Å². The van der Waals surface area contributed by atoms with Gasteiger partial charge in [0.2, 0.25) is 5.82 Å². The van der Waals surface area contributed by atoms with Crippen LogP contribution in [0, 0.1) is 6.92 Å². The van der Waals surface area contributed by atoms with Crippen LogP contribution in [0.15, 0.2) is 41.6 Å². The fourth-order valence-electron chi connectivity index (χ4n) is 2.09. The number of nitrogens with zero attached hydrogens (tertiary/aromatic N) is 4. The van der Waals surface area contributed by atoms with Crippen molar-refractivity contribution in [3.05, 3.63) is 63.4 Å². The van der Waals surface area contributed by atoms with Crippen LogP contribution in [-0.2, 0) is 11.4 Å². The van der Waals surface area contributed by atoms with Gasteiger partial charge in [-0.2, -0.15) is 5.21 Å². The number of aromatic amines is 1. The maximum atomic E-state index is 6.36. The van der Waals surface area contributed by atoms with E-state index in [0.717, 1.165) is 16.8 Å². The third-order valence-corrected chi connectivity index (χ3v) is 4.19. The molecule has 2 aromatic carbocycles. The van der Waals surface area contributed by atoms with E-state index in [-0.39, 0.29) is 6.61 Å². The Kier molecular flexibility index (Phi) is 5.47. The third-order valence-electron chi connectivity index (χ3n) is 3.39. The van der Waals surface area contributed by atoms with Gasteiger partial charge in [-0.3, -0.25) is 0 Å². The summed E-state index contributed by atoms with van der Waals surface area (Å²) in [5.74, 6) is 0.338. The molecule has 0 unspecified atom stereocenters. The van der Waals surface area contributed by atoms with Crippen LogP contribution in [0.25, 0.3) is 0 Å². The van der Waals surface area contributed by atoms with Crippen molar-refractivity contribution >= 4 is 40.8 Å². The Morgan fingerprint density at radius 3 is 2.88 bits per heavy atom. The summed E-state index contributed by atoms with van der Waals surface area (Å²) in [6.07, 6.45) is 1.37. The number of rotatable bonds is 6. The van der Waals surface area contributed by atoms with Gasteiger partial charge in [0.05, 0.1) is 15.7 Å². The molecule has 3 aromatic rings. The molecule has 1 aromatic heterocycles. The van der Waals surface area contributed by atoms with Gasteiger partial charge in [0.15, 0.2) is 0 Å². The van der Waals surface area contributed by atoms with E-state index in [1.807, 2.05) is 37.3 Å². The van der Waals surface area contributed by atoms with Crippen molar-refractivity contribution in [1.29, 1.82) is 0 Å². The van der Waals surface area contributed by atoms with Crippen molar-refractivity contribution in [3.8, 4) is 0 Å². The first-order chi connectivity index (χ1) is 12.1. The molecule has 7 nitrogen and oxygen atoms in total. The summed E-state index contributed by atoms with van der Waals surface area (Å²) in [6, 6.07) is 11.3. The van der Waals surface area contributed by atoms with Crippen LogP contribution in [0.5, 0.6) is 0 Å². The number of aryl methyl sites for hydroxylation is 1. The Labute approximate surface area is 154 Å². The molecule has 0 amide bonds. The molecule has 0 bridgehead atoms. The predicted molar refractivity (Wildman–Crippen MR) is 97.5 cm³/mol. The van der Waals surface area contributed by atoms with Crippen LogP contribution in [0.3, 0.4) is 0 Å². The Bertz CT molecular complexity index is 882. The minimum atomic E-state index is 0.249. The Hall–Kier alpha value is -2.64. The van der Waals surface area contributed by atoms with Gasteiger partial charge in [0.1, 0.15) is 12.8 Å². The fraction of sp³-hybridized carbons (Fsp3) is 0.125. The number of halogens is 2. The maximum absolute atomic E-state index is 6.36. The van der Waals surface area contributed by atoms with Crippen molar-refractivity contribution in [2.24, 2.45) is 5.16 Å². The molecule has 0 fully saturated rings. The fourth-order valence-corrected chi connectivity index (χ4v) is 2.55. The van der Waals surface area contributed by atoms with E-state index in [2.05, 4.69) is 31.1 Å². The molecule has 0 aliphatic rings. The van der Waals surface area contributed by atoms with Gasteiger partial charge >= 0.3 is 0 Å². The molecule has 0 saturated heterocycles. The Morgan fingerprint density at radius 1 is 1.24 bits per heavy atom. The highest BCUT2D eigenvalue weighted by Crippen LogP contribution is 2.36. The predicted octanol–water partition coefficient (Wildman–Crippen LogP) is 4.11. The Balaban J connectivity index is 1.74. The number of anilines is 2. The summed E-state index contributed by atoms with van der Waals surface area (Å²) in [7, 11) is 0. The van der Waals surface area contributed by atoms with E-state index >= 15 is 0 Å². The molecule has 0 atom stereocenters. The van der Waals surface area contributed by atoms with Crippen molar-refractivity contribution in [1.82, 2.24) is 20.6 Å². The first-order valence-electron chi connectivity index (χ1n) is 7.33. The molecule has 2 N–H and O–H groups in total. The average molecular weight is 377 g/mol. The summed E-state index contributed by atoms with van der Waals surface area (Å²) in [5, 5.41) is 21.5. The van der Waals surface area contributed by atoms with E-state index in [1.165, 1.54) is 6.21 Å². The van der Waals surface area contributed by atoms with Crippen LogP contribution >= 0.6 is 23.2 Å². The molecule has 0 saturated carbocycles. The zero-order valence-electron chi connectivity index (χ0n) is 13.2. The summed E-state index contributed by atoms with van der Waals surface area (Å²) >= 11 is 12.6. The average Bonchev–Trinajstić information content (AvgIpc) is 3.13. The van der Waals surface area contributed by atoms with Gasteiger partial charge < -0.3 is 10.2 Å². The summed E-state index contributed by atoms with van der Waals surface area (Å²) in [6.45, 7) is 2.17. The molecule has 1 heterocycles. The number of nitrogens with one attached hydrogen (secondary N) is 2. The van der Waals surface area contributed by atoms with Gasteiger partial charge in [-0.05, 0) is 29.8 Å². The van der Waals surface area contributed by atoms with E-state index in [1.54, 1.807) is 6.07 Å². The lowest BCUT2D eigenvalue weighted by molar-refractivity contribution is 0.132.